The molecule has 0 spiro atoms. The maximum atomic E-state index is 12.3. The van der Waals surface area contributed by atoms with E-state index < -0.39 is 10.1 Å². The monoisotopic (exact) mass is 308 g/mol. The lowest BCUT2D eigenvalue weighted by molar-refractivity contribution is -0.623. The summed E-state index contributed by atoms with van der Waals surface area (Å²) in [4.78, 5) is 4.02. The number of rotatable bonds is 3. The first-order valence-electron chi connectivity index (χ1n) is 6.31. The van der Waals surface area contributed by atoms with E-state index >= 15 is 0 Å². The van der Waals surface area contributed by atoms with Gasteiger partial charge in [0.25, 0.3) is 5.82 Å². The van der Waals surface area contributed by atoms with Gasteiger partial charge in [0.2, 0.25) is 5.75 Å². The fourth-order valence-electron chi connectivity index (χ4n) is 1.92. The first-order valence-corrected chi connectivity index (χ1v) is 7.71. The zero-order chi connectivity index (χ0) is 15.8. The summed E-state index contributed by atoms with van der Waals surface area (Å²) in [7, 11) is -4.00. The van der Waals surface area contributed by atoms with Crippen molar-refractivity contribution in [3.8, 4) is 5.75 Å². The molecule has 2 aromatic rings. The zero-order valence-electron chi connectivity index (χ0n) is 12.2. The van der Waals surface area contributed by atoms with Crippen LogP contribution in [0, 0.1) is 32.9 Å². The molecule has 1 heterocycles. The molecule has 0 saturated heterocycles. The summed E-state index contributed by atoms with van der Waals surface area (Å²) >= 11 is 0. The van der Waals surface area contributed by atoms with Gasteiger partial charge < -0.3 is 9.39 Å². The second-order valence-electron chi connectivity index (χ2n) is 4.80. The van der Waals surface area contributed by atoms with E-state index in [0.717, 1.165) is 5.56 Å². The van der Waals surface area contributed by atoms with Crippen molar-refractivity contribution in [3.05, 3.63) is 52.2 Å². The van der Waals surface area contributed by atoms with Gasteiger partial charge in [-0.15, -0.1) is 0 Å². The highest BCUT2D eigenvalue weighted by molar-refractivity contribution is 7.87. The summed E-state index contributed by atoms with van der Waals surface area (Å²) in [5.41, 5.74) is 1.46. The molecule has 0 N–H and O–H groups in total. The lowest BCUT2D eigenvalue weighted by Crippen LogP contribution is -2.36. The van der Waals surface area contributed by atoms with Crippen LogP contribution in [-0.4, -0.2) is 13.4 Å². The third kappa shape index (κ3) is 2.97. The predicted octanol–water partition coefficient (Wildman–Crippen LogP) is 1.72. The molecule has 0 unspecified atom stereocenters. The maximum Gasteiger partial charge on any atom is 0.339 e. The quantitative estimate of drug-likeness (QED) is 0.490. The average molecular weight is 308 g/mol. The molecule has 1 aromatic heterocycles. The van der Waals surface area contributed by atoms with E-state index in [4.69, 9.17) is 4.18 Å². The Morgan fingerprint density at radius 3 is 2.24 bits per heavy atom. The molecule has 0 aliphatic rings. The Bertz CT molecular complexity index is 784. The summed E-state index contributed by atoms with van der Waals surface area (Å²) < 4.78 is 30.2. The minimum absolute atomic E-state index is 0.0313. The van der Waals surface area contributed by atoms with Gasteiger partial charge in [0, 0.05) is 20.8 Å². The van der Waals surface area contributed by atoms with Crippen molar-refractivity contribution < 1.29 is 17.3 Å². The number of aryl methyl sites for hydroxylation is 3. The Labute approximate surface area is 123 Å². The fraction of sp³-hybridized carbons (Fsp3) is 0.286. The minimum atomic E-state index is -4.00. The molecule has 0 atom stereocenters. The standard InChI is InChI=1S/C14H16N2O4S/c1-9-5-7-13(8-6-9)21(18,19)20-14-10(2)15-12(4)16(17)11(14)3/h5-8H,1-4H3. The highest BCUT2D eigenvalue weighted by atomic mass is 32.2. The molecule has 1 aromatic carbocycles. The second-order valence-corrected chi connectivity index (χ2v) is 6.35. The molecule has 7 heteroatoms. The molecule has 21 heavy (non-hydrogen) atoms. The van der Waals surface area contributed by atoms with Crippen molar-refractivity contribution in [2.45, 2.75) is 32.6 Å². The van der Waals surface area contributed by atoms with Crippen LogP contribution in [0.15, 0.2) is 29.2 Å². The van der Waals surface area contributed by atoms with E-state index in [1.54, 1.807) is 26.0 Å². The van der Waals surface area contributed by atoms with Crippen LogP contribution in [0.2, 0.25) is 0 Å². The van der Waals surface area contributed by atoms with E-state index in [-0.39, 0.29) is 22.2 Å². The smallest absolute Gasteiger partial charge is 0.339 e. The van der Waals surface area contributed by atoms with Crippen molar-refractivity contribution in [2.24, 2.45) is 0 Å². The van der Waals surface area contributed by atoms with Gasteiger partial charge in [-0.05, 0) is 24.0 Å². The van der Waals surface area contributed by atoms with Crippen molar-refractivity contribution >= 4 is 10.1 Å². The lowest BCUT2D eigenvalue weighted by atomic mass is 10.2. The number of hydrogen-bond donors (Lipinski definition) is 0. The lowest BCUT2D eigenvalue weighted by Gasteiger charge is -2.13. The molecule has 0 radical (unpaired) electrons. The highest BCUT2D eigenvalue weighted by Crippen LogP contribution is 2.23. The van der Waals surface area contributed by atoms with Gasteiger partial charge in [-0.3, -0.25) is 0 Å². The Morgan fingerprint density at radius 1 is 1.10 bits per heavy atom. The molecule has 6 nitrogen and oxygen atoms in total. The number of nitrogens with zero attached hydrogens (tertiary/aromatic N) is 2. The molecule has 0 saturated carbocycles. The molecular weight excluding hydrogens is 292 g/mol. The summed E-state index contributed by atoms with van der Waals surface area (Å²) in [6, 6.07) is 6.28. The van der Waals surface area contributed by atoms with Crippen LogP contribution in [0.4, 0.5) is 0 Å². The van der Waals surface area contributed by atoms with Crippen LogP contribution in [0.1, 0.15) is 22.8 Å². The third-order valence-electron chi connectivity index (χ3n) is 3.09. The SMILES string of the molecule is Cc1ccc(S(=O)(=O)Oc2c(C)nc(C)[n+]([O-])c2C)cc1. The molecule has 0 amide bonds. The molecule has 0 aliphatic heterocycles. The third-order valence-corrected chi connectivity index (χ3v) is 4.32. The normalized spacial score (nSPS) is 11.4. The summed E-state index contributed by atoms with van der Waals surface area (Å²) in [5, 5.41) is 11.8. The Morgan fingerprint density at radius 2 is 1.67 bits per heavy atom. The van der Waals surface area contributed by atoms with Crippen molar-refractivity contribution in [1.29, 1.82) is 0 Å². The molecule has 112 valence electrons. The summed E-state index contributed by atoms with van der Waals surface area (Å²) in [5.74, 6) is 0.209. The van der Waals surface area contributed by atoms with Gasteiger partial charge in [-0.2, -0.15) is 8.42 Å². The van der Waals surface area contributed by atoms with E-state index in [9.17, 15) is 13.6 Å². The van der Waals surface area contributed by atoms with Gasteiger partial charge in [0.15, 0.2) is 11.4 Å². The molecule has 2 rings (SSSR count). The largest absolute Gasteiger partial charge is 0.710 e. The average Bonchev–Trinajstić information content (AvgIpc) is 2.42. The summed E-state index contributed by atoms with van der Waals surface area (Å²) in [6.07, 6.45) is 0. The molecule has 0 fully saturated rings. The molecular formula is C14H16N2O4S. The van der Waals surface area contributed by atoms with Crippen LogP contribution >= 0.6 is 0 Å². The van der Waals surface area contributed by atoms with Crippen LogP contribution < -0.4 is 8.91 Å². The van der Waals surface area contributed by atoms with E-state index in [1.165, 1.54) is 19.1 Å². The van der Waals surface area contributed by atoms with E-state index in [1.807, 2.05) is 6.92 Å². The maximum absolute atomic E-state index is 12.3. The molecule has 0 aliphatic carbocycles. The van der Waals surface area contributed by atoms with E-state index in [2.05, 4.69) is 4.98 Å². The second kappa shape index (κ2) is 5.33. The van der Waals surface area contributed by atoms with Gasteiger partial charge >= 0.3 is 10.1 Å². The van der Waals surface area contributed by atoms with Crippen LogP contribution in [0.3, 0.4) is 0 Å². The van der Waals surface area contributed by atoms with Gasteiger partial charge in [0.05, 0.1) is 0 Å². The number of benzene rings is 1. The van der Waals surface area contributed by atoms with Crippen LogP contribution in [0.5, 0.6) is 5.75 Å². The van der Waals surface area contributed by atoms with Crippen LogP contribution in [-0.2, 0) is 10.1 Å². The predicted molar refractivity (Wildman–Crippen MR) is 76.4 cm³/mol. The Balaban J connectivity index is 2.47. The van der Waals surface area contributed by atoms with Crippen molar-refractivity contribution in [2.75, 3.05) is 0 Å². The minimum Gasteiger partial charge on any atom is -0.710 e. The first-order chi connectivity index (χ1) is 9.72. The van der Waals surface area contributed by atoms with Gasteiger partial charge in [0.1, 0.15) is 4.90 Å². The first kappa shape index (κ1) is 15.2. The zero-order valence-corrected chi connectivity index (χ0v) is 13.1. The van der Waals surface area contributed by atoms with E-state index in [0.29, 0.717) is 10.4 Å². The Hall–Kier alpha value is -2.15. The fourth-order valence-corrected chi connectivity index (χ4v) is 2.95. The topological polar surface area (TPSA) is 83.2 Å². The number of aromatic nitrogens is 2. The van der Waals surface area contributed by atoms with Gasteiger partial charge in [-0.1, -0.05) is 17.7 Å². The van der Waals surface area contributed by atoms with Crippen LogP contribution in [0.25, 0.3) is 0 Å². The Kier molecular flexibility index (Phi) is 3.87. The van der Waals surface area contributed by atoms with Gasteiger partial charge in [-0.25, -0.2) is 4.73 Å². The van der Waals surface area contributed by atoms with Crippen molar-refractivity contribution in [1.82, 2.24) is 4.98 Å². The number of hydrogen-bond acceptors (Lipinski definition) is 5. The highest BCUT2D eigenvalue weighted by Gasteiger charge is 2.24. The van der Waals surface area contributed by atoms with Crippen molar-refractivity contribution in [3.63, 3.8) is 0 Å². The molecule has 0 bridgehead atoms. The summed E-state index contributed by atoms with van der Waals surface area (Å²) in [6.45, 7) is 6.50.